The lowest BCUT2D eigenvalue weighted by atomic mass is 10.3. The van der Waals surface area contributed by atoms with Gasteiger partial charge >= 0.3 is 8.80 Å². The first-order valence-electron chi connectivity index (χ1n) is 6.29. The van der Waals surface area contributed by atoms with Gasteiger partial charge in [-0.3, -0.25) is 0 Å². The number of aliphatic hydroxyl groups is 1. The van der Waals surface area contributed by atoms with E-state index in [1.807, 2.05) is 44.2 Å². The summed E-state index contributed by atoms with van der Waals surface area (Å²) in [6.07, 6.45) is 0.558. The van der Waals surface area contributed by atoms with Crippen molar-refractivity contribution in [2.75, 3.05) is 13.7 Å². The van der Waals surface area contributed by atoms with Gasteiger partial charge in [-0.2, -0.15) is 0 Å². The summed E-state index contributed by atoms with van der Waals surface area (Å²) in [7, 11) is -1.43. The highest BCUT2D eigenvalue weighted by molar-refractivity contribution is 6.75. The van der Waals surface area contributed by atoms with Crippen LogP contribution in [0.4, 0.5) is 0 Å². The molecule has 0 radical (unpaired) electrons. The predicted octanol–water partition coefficient (Wildman–Crippen LogP) is 1.65. The first-order chi connectivity index (χ1) is 8.68. The van der Waals surface area contributed by atoms with E-state index in [-0.39, 0.29) is 0 Å². The molecule has 0 aliphatic carbocycles. The standard InChI is InChI=1S/C13H22O4Si/c1-4-9-13(14)17-18(15-3,16-5-2)12-10-7-6-8-11-12/h6-8,10-11,13-14H,4-5,9H2,1-3H3. The van der Waals surface area contributed by atoms with Gasteiger partial charge in [0.1, 0.15) is 6.29 Å². The average molecular weight is 270 g/mol. The second-order valence-electron chi connectivity index (χ2n) is 3.92. The summed E-state index contributed by atoms with van der Waals surface area (Å²) >= 11 is 0. The third-order valence-electron chi connectivity index (χ3n) is 2.56. The van der Waals surface area contributed by atoms with Gasteiger partial charge < -0.3 is 18.4 Å². The maximum atomic E-state index is 9.86. The Hall–Kier alpha value is -0.723. The summed E-state index contributed by atoms with van der Waals surface area (Å²) in [5.41, 5.74) is 0. The fourth-order valence-electron chi connectivity index (χ4n) is 1.73. The molecule has 0 bridgehead atoms. The Balaban J connectivity index is 2.94. The average Bonchev–Trinajstić information content (AvgIpc) is 2.39. The van der Waals surface area contributed by atoms with Gasteiger partial charge in [-0.05, 0) is 13.3 Å². The zero-order chi connectivity index (χ0) is 13.4. The number of hydrogen-bond donors (Lipinski definition) is 1. The first-order valence-corrected chi connectivity index (χ1v) is 8.01. The highest BCUT2D eigenvalue weighted by Crippen LogP contribution is 2.13. The van der Waals surface area contributed by atoms with Crippen LogP contribution in [-0.4, -0.2) is 33.9 Å². The van der Waals surface area contributed by atoms with E-state index in [4.69, 9.17) is 13.3 Å². The molecule has 0 spiro atoms. The van der Waals surface area contributed by atoms with Gasteiger partial charge in [-0.25, -0.2) is 0 Å². The quantitative estimate of drug-likeness (QED) is 0.576. The van der Waals surface area contributed by atoms with Crippen LogP contribution in [0, 0.1) is 0 Å². The molecule has 102 valence electrons. The summed E-state index contributed by atoms with van der Waals surface area (Å²) in [6, 6.07) is 9.55. The van der Waals surface area contributed by atoms with E-state index in [9.17, 15) is 5.11 Å². The number of hydrogen-bond acceptors (Lipinski definition) is 4. The highest BCUT2D eigenvalue weighted by Gasteiger charge is 2.44. The van der Waals surface area contributed by atoms with Gasteiger partial charge in [0, 0.05) is 18.9 Å². The maximum absolute atomic E-state index is 9.86. The molecule has 0 heterocycles. The van der Waals surface area contributed by atoms with Crippen molar-refractivity contribution in [3.63, 3.8) is 0 Å². The molecular weight excluding hydrogens is 248 g/mol. The van der Waals surface area contributed by atoms with Crippen LogP contribution in [0.15, 0.2) is 30.3 Å². The van der Waals surface area contributed by atoms with Crippen molar-refractivity contribution in [1.82, 2.24) is 0 Å². The molecule has 2 unspecified atom stereocenters. The molecule has 0 amide bonds. The van der Waals surface area contributed by atoms with E-state index in [2.05, 4.69) is 0 Å². The van der Waals surface area contributed by atoms with Crippen molar-refractivity contribution >= 4 is 14.0 Å². The highest BCUT2D eigenvalue weighted by atomic mass is 28.4. The predicted molar refractivity (Wildman–Crippen MR) is 72.5 cm³/mol. The van der Waals surface area contributed by atoms with Gasteiger partial charge in [0.15, 0.2) is 0 Å². The molecule has 0 aliphatic rings. The fourth-order valence-corrected chi connectivity index (χ4v) is 4.00. The molecule has 1 rings (SSSR count). The molecular formula is C13H22O4Si. The summed E-state index contributed by atoms with van der Waals surface area (Å²) in [5.74, 6) is 0. The Labute approximate surface area is 110 Å². The minimum absolute atomic E-state index is 0.480. The first kappa shape index (κ1) is 15.3. The molecule has 0 saturated carbocycles. The molecule has 5 heteroatoms. The van der Waals surface area contributed by atoms with Crippen molar-refractivity contribution in [1.29, 1.82) is 0 Å². The van der Waals surface area contributed by atoms with Gasteiger partial charge in [0.05, 0.1) is 0 Å². The van der Waals surface area contributed by atoms with E-state index in [0.717, 1.165) is 11.6 Å². The van der Waals surface area contributed by atoms with Crippen LogP contribution < -0.4 is 5.19 Å². The number of rotatable bonds is 8. The molecule has 4 nitrogen and oxygen atoms in total. The van der Waals surface area contributed by atoms with Crippen LogP contribution in [-0.2, 0) is 13.3 Å². The Bertz CT molecular complexity index is 333. The minimum atomic E-state index is -3.00. The lowest BCUT2D eigenvalue weighted by molar-refractivity contribution is -0.0713. The van der Waals surface area contributed by atoms with Crippen LogP contribution in [0.1, 0.15) is 26.7 Å². The van der Waals surface area contributed by atoms with E-state index in [1.54, 1.807) is 7.11 Å². The van der Waals surface area contributed by atoms with E-state index in [1.165, 1.54) is 0 Å². The van der Waals surface area contributed by atoms with Crippen molar-refractivity contribution in [2.45, 2.75) is 33.0 Å². The Morgan fingerprint density at radius 2 is 1.89 bits per heavy atom. The zero-order valence-corrected chi connectivity index (χ0v) is 12.3. The second-order valence-corrected chi connectivity index (χ2v) is 6.54. The lowest BCUT2D eigenvalue weighted by Crippen LogP contribution is -2.57. The third-order valence-corrected chi connectivity index (χ3v) is 5.39. The largest absolute Gasteiger partial charge is 0.538 e. The summed E-state index contributed by atoms with van der Waals surface area (Å²) in [5, 5.41) is 10.7. The third kappa shape index (κ3) is 3.89. The SMILES string of the molecule is CCCC(O)O[Si](OC)(OCC)c1ccccc1. The molecule has 0 saturated heterocycles. The maximum Gasteiger partial charge on any atom is 0.538 e. The molecule has 0 aromatic heterocycles. The minimum Gasteiger partial charge on any atom is -0.373 e. The van der Waals surface area contributed by atoms with E-state index in [0.29, 0.717) is 13.0 Å². The molecule has 1 aromatic rings. The summed E-state index contributed by atoms with van der Waals surface area (Å²) in [4.78, 5) is 0. The number of benzene rings is 1. The van der Waals surface area contributed by atoms with Crippen LogP contribution in [0.3, 0.4) is 0 Å². The van der Waals surface area contributed by atoms with Crippen LogP contribution >= 0.6 is 0 Å². The Morgan fingerprint density at radius 1 is 1.22 bits per heavy atom. The Kier molecular flexibility index (Phi) is 6.52. The van der Waals surface area contributed by atoms with Crippen molar-refractivity contribution in [3.05, 3.63) is 30.3 Å². The topological polar surface area (TPSA) is 47.9 Å². The monoisotopic (exact) mass is 270 g/mol. The van der Waals surface area contributed by atoms with Crippen molar-refractivity contribution < 1.29 is 18.4 Å². The Morgan fingerprint density at radius 3 is 2.39 bits per heavy atom. The van der Waals surface area contributed by atoms with E-state index >= 15 is 0 Å². The molecule has 1 N–H and O–H groups in total. The zero-order valence-electron chi connectivity index (χ0n) is 11.3. The van der Waals surface area contributed by atoms with Crippen LogP contribution in [0.2, 0.25) is 0 Å². The normalized spacial score (nSPS) is 16.2. The summed E-state index contributed by atoms with van der Waals surface area (Å²) < 4.78 is 16.9. The fraction of sp³-hybridized carbons (Fsp3) is 0.538. The van der Waals surface area contributed by atoms with Crippen molar-refractivity contribution in [3.8, 4) is 0 Å². The molecule has 0 aliphatic heterocycles. The van der Waals surface area contributed by atoms with Gasteiger partial charge in [0.25, 0.3) is 0 Å². The van der Waals surface area contributed by atoms with E-state index < -0.39 is 15.1 Å². The van der Waals surface area contributed by atoms with Gasteiger partial charge in [-0.15, -0.1) is 0 Å². The molecule has 18 heavy (non-hydrogen) atoms. The van der Waals surface area contributed by atoms with Crippen molar-refractivity contribution in [2.24, 2.45) is 0 Å². The number of aliphatic hydroxyl groups excluding tert-OH is 1. The molecule has 2 atom stereocenters. The second kappa shape index (κ2) is 7.65. The van der Waals surface area contributed by atoms with Crippen LogP contribution in [0.5, 0.6) is 0 Å². The molecule has 1 aromatic carbocycles. The van der Waals surface area contributed by atoms with Crippen LogP contribution in [0.25, 0.3) is 0 Å². The smallest absolute Gasteiger partial charge is 0.373 e. The van der Waals surface area contributed by atoms with Gasteiger partial charge in [-0.1, -0.05) is 43.7 Å². The molecule has 0 fully saturated rings. The lowest BCUT2D eigenvalue weighted by Gasteiger charge is -2.30. The van der Waals surface area contributed by atoms with Gasteiger partial charge in [0.2, 0.25) is 0 Å². The summed E-state index contributed by atoms with van der Waals surface area (Å²) in [6.45, 7) is 4.36.